The third-order valence-corrected chi connectivity index (χ3v) is 6.75. The standard InChI is InChI=1S/C21H20N2O2/c24-19-22-13-11-20(15-7-3-1-4-8-15)17(22)18-21(25-20,12-14-23(18)19)16-9-5-2-6-10-16/h1-10,17-18H,11-14H2/t17?,18?,20-,21+. The minimum atomic E-state index is -0.382. The van der Waals surface area contributed by atoms with E-state index in [1.807, 2.05) is 12.1 Å². The zero-order chi connectivity index (χ0) is 16.6. The van der Waals surface area contributed by atoms with E-state index in [2.05, 4.69) is 58.3 Å². The van der Waals surface area contributed by atoms with E-state index < -0.39 is 0 Å². The molecule has 0 aromatic heterocycles. The van der Waals surface area contributed by atoms with Crippen molar-refractivity contribution in [1.82, 2.24) is 9.80 Å². The predicted molar refractivity (Wildman–Crippen MR) is 92.9 cm³/mol. The summed E-state index contributed by atoms with van der Waals surface area (Å²) >= 11 is 0. The van der Waals surface area contributed by atoms with E-state index >= 15 is 0 Å². The third kappa shape index (κ3) is 1.46. The second-order valence-electron chi connectivity index (χ2n) is 7.67. The van der Waals surface area contributed by atoms with E-state index in [1.165, 1.54) is 11.1 Å². The number of hydrogen-bond acceptors (Lipinski definition) is 2. The number of rotatable bonds is 2. The Morgan fingerprint density at radius 2 is 1.20 bits per heavy atom. The Kier molecular flexibility index (Phi) is 2.47. The predicted octanol–water partition coefficient (Wildman–Crippen LogP) is 3.09. The van der Waals surface area contributed by atoms with Gasteiger partial charge in [-0.05, 0) is 11.1 Å². The van der Waals surface area contributed by atoms with Crippen LogP contribution in [0.15, 0.2) is 60.7 Å². The summed E-state index contributed by atoms with van der Waals surface area (Å²) in [5.74, 6) is 0. The monoisotopic (exact) mass is 332 g/mol. The highest BCUT2D eigenvalue weighted by atomic mass is 16.5. The van der Waals surface area contributed by atoms with Crippen molar-refractivity contribution in [3.8, 4) is 0 Å². The van der Waals surface area contributed by atoms with E-state index in [0.29, 0.717) is 0 Å². The van der Waals surface area contributed by atoms with Gasteiger partial charge in [0.1, 0.15) is 11.2 Å². The molecule has 25 heavy (non-hydrogen) atoms. The number of carbonyl (C=O) groups excluding carboxylic acids is 1. The molecule has 2 unspecified atom stereocenters. The van der Waals surface area contributed by atoms with Gasteiger partial charge in [0.2, 0.25) is 0 Å². The second kappa shape index (κ2) is 4.44. The van der Waals surface area contributed by atoms with E-state index in [0.717, 1.165) is 25.9 Å². The molecule has 4 heterocycles. The molecule has 4 aliphatic heterocycles. The molecule has 6 rings (SSSR count). The normalized spacial score (nSPS) is 37.8. The van der Waals surface area contributed by atoms with Crippen LogP contribution in [0.25, 0.3) is 0 Å². The number of amides is 2. The van der Waals surface area contributed by atoms with Gasteiger partial charge in [-0.3, -0.25) is 0 Å². The molecule has 4 nitrogen and oxygen atoms in total. The average Bonchev–Trinajstić information content (AvgIpc) is 3.36. The quantitative estimate of drug-likeness (QED) is 0.847. The van der Waals surface area contributed by atoms with Crippen molar-refractivity contribution in [3.05, 3.63) is 71.8 Å². The maximum Gasteiger partial charge on any atom is 0.320 e. The summed E-state index contributed by atoms with van der Waals surface area (Å²) in [4.78, 5) is 17.1. The SMILES string of the molecule is O=C1N2CC[C@@]3(c4ccccc4)O[C@@]4(c5ccccc5)CCN1C4C23. The summed E-state index contributed by atoms with van der Waals surface area (Å²) in [6.45, 7) is 1.58. The van der Waals surface area contributed by atoms with Crippen molar-refractivity contribution in [2.75, 3.05) is 13.1 Å². The van der Waals surface area contributed by atoms with Crippen LogP contribution in [0.1, 0.15) is 24.0 Å². The molecule has 4 fully saturated rings. The van der Waals surface area contributed by atoms with Crippen LogP contribution >= 0.6 is 0 Å². The van der Waals surface area contributed by atoms with Crippen molar-refractivity contribution in [2.24, 2.45) is 0 Å². The highest BCUT2D eigenvalue weighted by Crippen LogP contribution is 2.63. The summed E-state index contributed by atoms with van der Waals surface area (Å²) < 4.78 is 7.07. The molecule has 2 aromatic rings. The van der Waals surface area contributed by atoms with E-state index in [1.54, 1.807) is 0 Å². The number of carbonyl (C=O) groups is 1. The molecule has 4 aliphatic rings. The van der Waals surface area contributed by atoms with Crippen molar-refractivity contribution >= 4 is 6.03 Å². The van der Waals surface area contributed by atoms with Gasteiger partial charge >= 0.3 is 6.03 Å². The Balaban J connectivity index is 1.59. The lowest BCUT2D eigenvalue weighted by Gasteiger charge is -2.34. The van der Waals surface area contributed by atoms with Crippen LogP contribution in [-0.4, -0.2) is 41.0 Å². The zero-order valence-corrected chi connectivity index (χ0v) is 14.0. The van der Waals surface area contributed by atoms with E-state index in [4.69, 9.17) is 4.74 Å². The first-order valence-corrected chi connectivity index (χ1v) is 9.15. The topological polar surface area (TPSA) is 32.8 Å². The van der Waals surface area contributed by atoms with Gasteiger partial charge in [-0.25, -0.2) is 4.79 Å². The molecule has 0 N–H and O–H groups in total. The van der Waals surface area contributed by atoms with Gasteiger partial charge in [-0.1, -0.05) is 60.7 Å². The zero-order valence-electron chi connectivity index (χ0n) is 14.0. The minimum absolute atomic E-state index is 0.116. The fraction of sp³-hybridized carbons (Fsp3) is 0.381. The van der Waals surface area contributed by atoms with Gasteiger partial charge in [-0.15, -0.1) is 0 Å². The van der Waals surface area contributed by atoms with Crippen molar-refractivity contribution in [1.29, 1.82) is 0 Å². The maximum atomic E-state index is 13.0. The highest BCUT2D eigenvalue weighted by Gasteiger charge is 2.76. The van der Waals surface area contributed by atoms with E-state index in [9.17, 15) is 4.79 Å². The summed E-state index contributed by atoms with van der Waals surface area (Å²) in [6.07, 6.45) is 1.76. The summed E-state index contributed by atoms with van der Waals surface area (Å²) in [5.41, 5.74) is 1.66. The van der Waals surface area contributed by atoms with Crippen LogP contribution in [0.3, 0.4) is 0 Å². The first-order chi connectivity index (χ1) is 12.3. The summed E-state index contributed by atoms with van der Waals surface area (Å²) in [7, 11) is 0. The Labute approximate surface area is 147 Å². The smallest absolute Gasteiger partial charge is 0.320 e. The summed E-state index contributed by atoms with van der Waals surface area (Å²) in [6, 6.07) is 21.5. The van der Waals surface area contributed by atoms with Gasteiger partial charge in [-0.2, -0.15) is 0 Å². The van der Waals surface area contributed by atoms with Crippen LogP contribution in [0.5, 0.6) is 0 Å². The molecule has 0 aliphatic carbocycles. The largest absolute Gasteiger partial charge is 0.354 e. The number of hydrogen-bond donors (Lipinski definition) is 0. The molecule has 4 saturated heterocycles. The maximum absolute atomic E-state index is 13.0. The van der Waals surface area contributed by atoms with Crippen LogP contribution in [0, 0.1) is 0 Å². The Bertz CT molecular complexity index is 785. The number of ether oxygens (including phenoxy) is 1. The third-order valence-electron chi connectivity index (χ3n) is 6.75. The second-order valence-corrected chi connectivity index (χ2v) is 7.67. The molecule has 0 spiro atoms. The molecule has 0 saturated carbocycles. The molecule has 4 atom stereocenters. The van der Waals surface area contributed by atoms with Gasteiger partial charge in [0.15, 0.2) is 0 Å². The van der Waals surface area contributed by atoms with Crippen LogP contribution in [0.2, 0.25) is 0 Å². The highest BCUT2D eigenvalue weighted by molar-refractivity contribution is 5.81. The Morgan fingerprint density at radius 1 is 0.760 bits per heavy atom. The van der Waals surface area contributed by atoms with Gasteiger partial charge < -0.3 is 14.5 Å². The van der Waals surface area contributed by atoms with Gasteiger partial charge in [0, 0.05) is 25.9 Å². The lowest BCUT2D eigenvalue weighted by atomic mass is 9.81. The number of nitrogens with zero attached hydrogens (tertiary/aromatic N) is 2. The lowest BCUT2D eigenvalue weighted by Crippen LogP contribution is -2.42. The van der Waals surface area contributed by atoms with Crippen molar-refractivity contribution < 1.29 is 9.53 Å². The molecule has 4 heteroatoms. The van der Waals surface area contributed by atoms with Gasteiger partial charge in [0.25, 0.3) is 0 Å². The fourth-order valence-corrected chi connectivity index (χ4v) is 5.83. The molecular weight excluding hydrogens is 312 g/mol. The number of urea groups is 1. The van der Waals surface area contributed by atoms with Crippen molar-refractivity contribution in [2.45, 2.75) is 36.1 Å². The molecule has 2 amide bonds. The minimum Gasteiger partial charge on any atom is -0.354 e. The average molecular weight is 332 g/mol. The fourth-order valence-electron chi connectivity index (χ4n) is 5.83. The van der Waals surface area contributed by atoms with Gasteiger partial charge in [0.05, 0.1) is 12.1 Å². The first-order valence-electron chi connectivity index (χ1n) is 9.15. The lowest BCUT2D eigenvalue weighted by molar-refractivity contribution is -0.114. The molecule has 126 valence electrons. The Morgan fingerprint density at radius 3 is 1.64 bits per heavy atom. The van der Waals surface area contributed by atoms with Crippen LogP contribution < -0.4 is 0 Å². The molecule has 2 aromatic carbocycles. The van der Waals surface area contributed by atoms with Crippen LogP contribution in [0.4, 0.5) is 4.79 Å². The molecule has 0 radical (unpaired) electrons. The Hall–Kier alpha value is -2.33. The van der Waals surface area contributed by atoms with E-state index in [-0.39, 0.29) is 29.3 Å². The number of benzene rings is 2. The molecular formula is C21H20N2O2. The molecule has 0 bridgehead atoms. The summed E-state index contributed by atoms with van der Waals surface area (Å²) in [5, 5.41) is 0. The van der Waals surface area contributed by atoms with Crippen LogP contribution in [-0.2, 0) is 15.9 Å². The van der Waals surface area contributed by atoms with Crippen molar-refractivity contribution in [3.63, 3.8) is 0 Å². The first kappa shape index (κ1) is 13.9.